The first-order valence-corrected chi connectivity index (χ1v) is 9.19. The van der Waals surface area contributed by atoms with Gasteiger partial charge in [-0.05, 0) is 50.0 Å². The molecule has 2 amide bonds. The predicted octanol–water partition coefficient (Wildman–Crippen LogP) is 2.90. The monoisotopic (exact) mass is 373 g/mol. The van der Waals surface area contributed by atoms with E-state index in [0.717, 1.165) is 10.5 Å². The number of carbonyl (C=O) groups is 2. The highest BCUT2D eigenvalue weighted by Crippen LogP contribution is 2.32. The van der Waals surface area contributed by atoms with Crippen molar-refractivity contribution in [1.82, 2.24) is 10.2 Å². The van der Waals surface area contributed by atoms with Crippen LogP contribution in [-0.2, 0) is 4.79 Å². The zero-order valence-corrected chi connectivity index (χ0v) is 15.4. The smallest absolute Gasteiger partial charge is 0.251 e. The van der Waals surface area contributed by atoms with Gasteiger partial charge >= 0.3 is 0 Å². The van der Waals surface area contributed by atoms with Crippen LogP contribution in [0.5, 0.6) is 0 Å². The van der Waals surface area contributed by atoms with Crippen LogP contribution in [0.1, 0.15) is 22.0 Å². The van der Waals surface area contributed by atoms with Crippen LogP contribution < -0.4 is 10.6 Å². The van der Waals surface area contributed by atoms with E-state index in [9.17, 15) is 14.0 Å². The van der Waals surface area contributed by atoms with E-state index in [1.165, 1.54) is 23.9 Å². The Kier molecular flexibility index (Phi) is 5.58. The van der Waals surface area contributed by atoms with Gasteiger partial charge in [0.1, 0.15) is 5.82 Å². The third kappa shape index (κ3) is 4.23. The molecule has 1 heterocycles. The summed E-state index contributed by atoms with van der Waals surface area (Å²) in [5.74, 6) is -0.222. The third-order valence-corrected chi connectivity index (χ3v) is 5.26. The number of amides is 2. The lowest BCUT2D eigenvalue weighted by Gasteiger charge is -2.25. The Labute approximate surface area is 156 Å². The number of anilines is 1. The number of fused-ring (bicyclic) bond motifs is 1. The molecule has 136 valence electrons. The molecular formula is C19H20FN3O2S. The van der Waals surface area contributed by atoms with Gasteiger partial charge in [-0.3, -0.25) is 9.59 Å². The molecule has 0 aromatic heterocycles. The van der Waals surface area contributed by atoms with Crippen LogP contribution in [0.4, 0.5) is 10.1 Å². The van der Waals surface area contributed by atoms with E-state index in [2.05, 4.69) is 10.6 Å². The zero-order chi connectivity index (χ0) is 18.7. The van der Waals surface area contributed by atoms with Gasteiger partial charge in [0.05, 0.1) is 17.5 Å². The minimum absolute atomic E-state index is 0.0705. The van der Waals surface area contributed by atoms with Crippen LogP contribution in [0, 0.1) is 5.82 Å². The van der Waals surface area contributed by atoms with Gasteiger partial charge in [0.2, 0.25) is 5.91 Å². The predicted molar refractivity (Wildman–Crippen MR) is 101 cm³/mol. The molecule has 0 aliphatic carbocycles. The molecule has 2 N–H and O–H groups in total. The summed E-state index contributed by atoms with van der Waals surface area (Å²) in [5.41, 5.74) is 1.93. The molecule has 0 radical (unpaired) electrons. The largest absolute Gasteiger partial charge is 0.350 e. The lowest BCUT2D eigenvalue weighted by molar-refractivity contribution is -0.113. The molecular weight excluding hydrogens is 353 g/mol. The van der Waals surface area contributed by atoms with Crippen LogP contribution in [0.15, 0.2) is 47.4 Å². The molecule has 7 heteroatoms. The number of hydrogen-bond donors (Lipinski definition) is 2. The number of benzene rings is 2. The number of hydrogen-bond acceptors (Lipinski definition) is 4. The SMILES string of the molecule is CN(C)C(CNC(=O)c1ccc2c(c1)NC(=O)CS2)c1cccc(F)c1. The Hall–Kier alpha value is -2.38. The lowest BCUT2D eigenvalue weighted by Crippen LogP contribution is -2.34. The molecule has 2 aromatic carbocycles. The Bertz CT molecular complexity index is 841. The quantitative estimate of drug-likeness (QED) is 0.846. The van der Waals surface area contributed by atoms with Crippen LogP contribution in [0.25, 0.3) is 0 Å². The highest BCUT2D eigenvalue weighted by Gasteiger charge is 2.19. The third-order valence-electron chi connectivity index (χ3n) is 4.19. The molecule has 1 unspecified atom stereocenters. The Morgan fingerprint density at radius 1 is 1.31 bits per heavy atom. The molecule has 26 heavy (non-hydrogen) atoms. The fraction of sp³-hybridized carbons (Fsp3) is 0.263. The van der Waals surface area contributed by atoms with Crippen molar-refractivity contribution < 1.29 is 14.0 Å². The van der Waals surface area contributed by atoms with Crippen molar-refractivity contribution in [2.45, 2.75) is 10.9 Å². The minimum atomic E-state index is -0.302. The van der Waals surface area contributed by atoms with Crippen LogP contribution in [-0.4, -0.2) is 43.1 Å². The maximum atomic E-state index is 13.5. The molecule has 0 saturated carbocycles. The average Bonchev–Trinajstić information content (AvgIpc) is 2.61. The second-order valence-electron chi connectivity index (χ2n) is 6.29. The number of nitrogens with one attached hydrogen (secondary N) is 2. The number of thioether (sulfide) groups is 1. The normalized spacial score (nSPS) is 14.5. The first-order valence-electron chi connectivity index (χ1n) is 8.21. The molecule has 0 saturated heterocycles. The number of rotatable bonds is 5. The maximum absolute atomic E-state index is 13.5. The molecule has 2 aromatic rings. The van der Waals surface area contributed by atoms with Crippen molar-refractivity contribution in [2.24, 2.45) is 0 Å². The van der Waals surface area contributed by atoms with Gasteiger partial charge in [-0.2, -0.15) is 0 Å². The summed E-state index contributed by atoms with van der Waals surface area (Å²) in [5, 5.41) is 5.67. The van der Waals surface area contributed by atoms with Crippen molar-refractivity contribution in [3.63, 3.8) is 0 Å². The average molecular weight is 373 g/mol. The van der Waals surface area contributed by atoms with Crippen molar-refractivity contribution in [3.8, 4) is 0 Å². The van der Waals surface area contributed by atoms with Gasteiger partial charge in [-0.1, -0.05) is 12.1 Å². The fourth-order valence-corrected chi connectivity index (χ4v) is 3.62. The number of halogens is 1. The molecule has 1 aliphatic heterocycles. The van der Waals surface area contributed by atoms with E-state index in [0.29, 0.717) is 23.5 Å². The van der Waals surface area contributed by atoms with Crippen LogP contribution in [0.3, 0.4) is 0 Å². The first kappa shape index (κ1) is 18.4. The summed E-state index contributed by atoms with van der Waals surface area (Å²) in [6.07, 6.45) is 0. The van der Waals surface area contributed by atoms with E-state index in [4.69, 9.17) is 0 Å². The summed E-state index contributed by atoms with van der Waals surface area (Å²) in [6, 6.07) is 11.5. The van der Waals surface area contributed by atoms with E-state index >= 15 is 0 Å². The summed E-state index contributed by atoms with van der Waals surface area (Å²) in [6.45, 7) is 0.341. The standard InChI is InChI=1S/C19H20FN3O2S/c1-23(2)16(12-4-3-5-14(20)8-12)10-21-19(25)13-6-7-17-15(9-13)22-18(24)11-26-17/h3-9,16H,10-11H2,1-2H3,(H,21,25)(H,22,24). The molecule has 1 aliphatic rings. The van der Waals surface area contributed by atoms with Crippen LogP contribution in [0.2, 0.25) is 0 Å². The second-order valence-corrected chi connectivity index (χ2v) is 7.31. The van der Waals surface area contributed by atoms with Crippen molar-refractivity contribution in [3.05, 3.63) is 59.4 Å². The van der Waals surface area contributed by atoms with Gasteiger partial charge in [-0.15, -0.1) is 11.8 Å². The highest BCUT2D eigenvalue weighted by molar-refractivity contribution is 8.00. The Morgan fingerprint density at radius 3 is 2.85 bits per heavy atom. The second kappa shape index (κ2) is 7.88. The van der Waals surface area contributed by atoms with Crippen molar-refractivity contribution in [2.75, 3.05) is 31.7 Å². The van der Waals surface area contributed by atoms with Crippen molar-refractivity contribution >= 4 is 29.3 Å². The maximum Gasteiger partial charge on any atom is 0.251 e. The summed E-state index contributed by atoms with van der Waals surface area (Å²) < 4.78 is 13.5. The van der Waals surface area contributed by atoms with Gasteiger partial charge < -0.3 is 15.5 Å². The Balaban J connectivity index is 1.71. The van der Waals surface area contributed by atoms with E-state index in [-0.39, 0.29) is 23.7 Å². The zero-order valence-electron chi connectivity index (χ0n) is 14.6. The Morgan fingerprint density at radius 2 is 2.12 bits per heavy atom. The van der Waals surface area contributed by atoms with Crippen molar-refractivity contribution in [1.29, 1.82) is 0 Å². The number of carbonyl (C=O) groups excluding carboxylic acids is 2. The molecule has 3 rings (SSSR count). The highest BCUT2D eigenvalue weighted by atomic mass is 32.2. The van der Waals surface area contributed by atoms with Gasteiger partial charge in [0, 0.05) is 17.0 Å². The summed E-state index contributed by atoms with van der Waals surface area (Å²) in [7, 11) is 3.76. The molecule has 0 bridgehead atoms. The minimum Gasteiger partial charge on any atom is -0.350 e. The van der Waals surface area contributed by atoms with Gasteiger partial charge in [0.15, 0.2) is 0 Å². The first-order chi connectivity index (χ1) is 12.4. The number of nitrogens with zero attached hydrogens (tertiary/aromatic N) is 1. The fourth-order valence-electron chi connectivity index (χ4n) is 2.83. The summed E-state index contributed by atoms with van der Waals surface area (Å²) >= 11 is 1.45. The topological polar surface area (TPSA) is 61.4 Å². The molecule has 1 atom stereocenters. The molecule has 5 nitrogen and oxygen atoms in total. The molecule has 0 fully saturated rings. The lowest BCUT2D eigenvalue weighted by atomic mass is 10.1. The van der Waals surface area contributed by atoms with E-state index < -0.39 is 0 Å². The number of likely N-dealkylation sites (N-methyl/N-ethyl adjacent to an activating group) is 1. The summed E-state index contributed by atoms with van der Waals surface area (Å²) in [4.78, 5) is 26.9. The van der Waals surface area contributed by atoms with Gasteiger partial charge in [-0.25, -0.2) is 4.39 Å². The van der Waals surface area contributed by atoms with E-state index in [1.54, 1.807) is 18.2 Å². The van der Waals surface area contributed by atoms with E-state index in [1.807, 2.05) is 31.1 Å². The van der Waals surface area contributed by atoms with Crippen LogP contribution >= 0.6 is 11.8 Å². The molecule has 0 spiro atoms. The van der Waals surface area contributed by atoms with Gasteiger partial charge in [0.25, 0.3) is 5.91 Å².